The van der Waals surface area contributed by atoms with Crippen molar-refractivity contribution in [2.75, 3.05) is 57.4 Å². The number of carboxylic acid groups (broad SMARTS) is 4. The van der Waals surface area contributed by atoms with Crippen LogP contribution in [-0.4, -0.2) is 113 Å². The maximum Gasteiger partial charge on any atom is 0.323 e. The summed E-state index contributed by atoms with van der Waals surface area (Å²) < 4.78 is 11.7. The molecule has 5 N–H and O–H groups in total. The van der Waals surface area contributed by atoms with Gasteiger partial charge in [-0.1, -0.05) is 48.5 Å². The normalized spacial score (nSPS) is 16.1. The summed E-state index contributed by atoms with van der Waals surface area (Å²) in [5.41, 5.74) is 4.42. The fraction of sp³-hybridized carbons (Fsp3) is 0.256. The molecule has 0 radical (unpaired) electrons. The van der Waals surface area contributed by atoms with Crippen molar-refractivity contribution in [1.82, 2.24) is 4.90 Å². The van der Waals surface area contributed by atoms with Gasteiger partial charge in [-0.2, -0.15) is 0 Å². The molecule has 0 heterocycles. The maximum atomic E-state index is 12.9. The van der Waals surface area contributed by atoms with Gasteiger partial charge in [0.25, 0.3) is 0 Å². The molecule has 53 heavy (non-hydrogen) atoms. The number of rotatable bonds is 18. The zero-order chi connectivity index (χ0) is 38.3. The molecule has 5 rings (SSSR count). The van der Waals surface area contributed by atoms with Crippen LogP contribution in [0.2, 0.25) is 0 Å². The van der Waals surface area contributed by atoms with Gasteiger partial charge in [-0.15, -0.1) is 0 Å². The number of hydrogen-bond donors (Lipinski definition) is 5. The zero-order valence-corrected chi connectivity index (χ0v) is 28.7. The van der Waals surface area contributed by atoms with E-state index in [9.17, 15) is 39.3 Å². The molecule has 3 aromatic rings. The van der Waals surface area contributed by atoms with Gasteiger partial charge in [0.05, 0.1) is 32.0 Å². The molecule has 1 unspecified atom stereocenters. The van der Waals surface area contributed by atoms with Crippen LogP contribution in [0.3, 0.4) is 0 Å². The minimum atomic E-state index is -1.27. The highest BCUT2D eigenvalue weighted by molar-refractivity contribution is 6.06. The van der Waals surface area contributed by atoms with E-state index in [1.165, 1.54) is 11.0 Å². The van der Waals surface area contributed by atoms with E-state index in [0.29, 0.717) is 16.7 Å². The molecular weight excluding hydrogens is 688 g/mol. The molecule has 3 aromatic carbocycles. The third-order valence-electron chi connectivity index (χ3n) is 8.96. The van der Waals surface area contributed by atoms with Gasteiger partial charge in [0.15, 0.2) is 5.78 Å². The molecule has 2 aliphatic carbocycles. The summed E-state index contributed by atoms with van der Waals surface area (Å²) >= 11 is 0. The summed E-state index contributed by atoms with van der Waals surface area (Å²) in [5.74, 6) is -4.96. The first-order chi connectivity index (χ1) is 25.3. The second-order valence-corrected chi connectivity index (χ2v) is 12.6. The number of nitrogens with zero attached hydrogens (tertiary/aromatic N) is 2. The summed E-state index contributed by atoms with van der Waals surface area (Å²) in [6, 6.07) is 19.5. The number of aromatic hydroxyl groups is 1. The highest BCUT2D eigenvalue weighted by Gasteiger charge is 2.43. The predicted molar refractivity (Wildman–Crippen MR) is 191 cm³/mol. The molecule has 0 aliphatic heterocycles. The van der Waals surface area contributed by atoms with Crippen LogP contribution in [-0.2, 0) is 34.1 Å². The third kappa shape index (κ3) is 8.80. The second kappa shape index (κ2) is 16.4. The Morgan fingerprint density at radius 3 is 2.06 bits per heavy atom. The van der Waals surface area contributed by atoms with Gasteiger partial charge in [-0.05, 0) is 82.3 Å². The molecule has 14 nitrogen and oxygen atoms in total. The lowest BCUT2D eigenvalue weighted by atomic mass is 9.60. The van der Waals surface area contributed by atoms with Gasteiger partial charge in [-0.3, -0.25) is 28.9 Å². The quantitative estimate of drug-likeness (QED) is 0.119. The van der Waals surface area contributed by atoms with E-state index in [2.05, 4.69) is 0 Å². The summed E-state index contributed by atoms with van der Waals surface area (Å²) in [5, 5.41) is 48.1. The number of carboxylic acids is 4. The van der Waals surface area contributed by atoms with E-state index < -0.39 is 55.5 Å². The Morgan fingerprint density at radius 1 is 0.755 bits per heavy atom. The number of phenols is 1. The Kier molecular flexibility index (Phi) is 11.8. The molecule has 0 aromatic heterocycles. The summed E-state index contributed by atoms with van der Waals surface area (Å²) in [6.07, 6.45) is 4.79. The van der Waals surface area contributed by atoms with Crippen LogP contribution in [0, 0.1) is 0 Å². The monoisotopic (exact) mass is 726 g/mol. The number of fused-ring (bicyclic) bond motifs is 2. The molecule has 0 amide bonds. The van der Waals surface area contributed by atoms with Crippen molar-refractivity contribution in [3.05, 3.63) is 118 Å². The Labute approximate surface area is 304 Å². The Balaban J connectivity index is 1.55. The molecule has 276 valence electrons. The molecular formula is C39H38N2O12. The van der Waals surface area contributed by atoms with Crippen LogP contribution in [0.5, 0.6) is 11.5 Å². The highest BCUT2D eigenvalue weighted by Crippen LogP contribution is 2.54. The SMILES string of the molecule is CC1(c2ccccc2)C2=CC(=O)C=CC2=C(c2ccc(N(CC(=O)O)CC(=O)O)c(OCCOCCN(CC(=O)O)CC(=O)O)c2)c2ccc(O)cc21. The minimum Gasteiger partial charge on any atom is -0.508 e. The van der Waals surface area contributed by atoms with E-state index in [1.807, 2.05) is 37.3 Å². The number of hydrogen-bond acceptors (Lipinski definition) is 10. The zero-order valence-electron chi connectivity index (χ0n) is 28.7. The number of allylic oxidation sites excluding steroid dienone is 5. The Morgan fingerprint density at radius 2 is 1.42 bits per heavy atom. The first-order valence-electron chi connectivity index (χ1n) is 16.6. The average Bonchev–Trinajstić information content (AvgIpc) is 3.09. The van der Waals surface area contributed by atoms with Crippen molar-refractivity contribution in [2.24, 2.45) is 0 Å². The van der Waals surface area contributed by atoms with Crippen molar-refractivity contribution in [1.29, 1.82) is 0 Å². The smallest absolute Gasteiger partial charge is 0.323 e. The number of ether oxygens (including phenoxy) is 2. The van der Waals surface area contributed by atoms with Crippen LogP contribution >= 0.6 is 0 Å². The number of benzene rings is 3. The minimum absolute atomic E-state index is 0.0127. The number of anilines is 1. The van der Waals surface area contributed by atoms with E-state index >= 15 is 0 Å². The van der Waals surface area contributed by atoms with E-state index in [0.717, 1.165) is 27.2 Å². The fourth-order valence-corrected chi connectivity index (χ4v) is 6.70. The Hall–Kier alpha value is -6.25. The van der Waals surface area contributed by atoms with E-state index in [-0.39, 0.29) is 49.3 Å². The van der Waals surface area contributed by atoms with Crippen molar-refractivity contribution in [3.8, 4) is 11.5 Å². The van der Waals surface area contributed by atoms with Crippen LogP contribution in [0.1, 0.15) is 29.2 Å². The fourth-order valence-electron chi connectivity index (χ4n) is 6.70. The van der Waals surface area contributed by atoms with Gasteiger partial charge in [0.1, 0.15) is 31.2 Å². The molecule has 1 atom stereocenters. The molecule has 0 saturated carbocycles. The lowest BCUT2D eigenvalue weighted by molar-refractivity contribution is -0.142. The second-order valence-electron chi connectivity index (χ2n) is 12.6. The number of phenolic OH excluding ortho intramolecular Hbond substituents is 1. The average molecular weight is 727 g/mol. The van der Waals surface area contributed by atoms with Crippen LogP contribution in [0.4, 0.5) is 5.69 Å². The van der Waals surface area contributed by atoms with Crippen molar-refractivity contribution < 1.29 is 59.0 Å². The molecule has 0 fully saturated rings. The molecule has 0 saturated heterocycles. The van der Waals surface area contributed by atoms with Crippen molar-refractivity contribution in [3.63, 3.8) is 0 Å². The molecule has 2 aliphatic rings. The predicted octanol–water partition coefficient (Wildman–Crippen LogP) is 3.42. The summed E-state index contributed by atoms with van der Waals surface area (Å²) in [6.45, 7) is -0.400. The van der Waals surface area contributed by atoms with Crippen LogP contribution < -0.4 is 9.64 Å². The molecule has 0 spiro atoms. The van der Waals surface area contributed by atoms with Crippen LogP contribution in [0.15, 0.2) is 96.1 Å². The van der Waals surface area contributed by atoms with E-state index in [1.54, 1.807) is 48.6 Å². The van der Waals surface area contributed by atoms with Gasteiger partial charge < -0.3 is 39.9 Å². The largest absolute Gasteiger partial charge is 0.508 e. The number of carbonyl (C=O) groups is 5. The molecule has 0 bridgehead atoms. The number of ketones is 1. The van der Waals surface area contributed by atoms with Crippen molar-refractivity contribution >= 4 is 40.9 Å². The molecule has 14 heteroatoms. The lowest BCUT2D eigenvalue weighted by Crippen LogP contribution is -2.37. The number of carbonyl (C=O) groups excluding carboxylic acids is 1. The van der Waals surface area contributed by atoms with Crippen molar-refractivity contribution in [2.45, 2.75) is 12.3 Å². The summed E-state index contributed by atoms with van der Waals surface area (Å²) in [7, 11) is 0. The number of aliphatic carboxylic acids is 4. The van der Waals surface area contributed by atoms with Gasteiger partial charge >= 0.3 is 23.9 Å². The standard InChI is InChI=1S/C39H38N2O12/c1-39(25-5-3-2-4-6-25)30-18-26(42)8-10-28(30)38(29-11-9-27(43)19-31(29)39)24-7-12-32(41(22-36(48)49)23-37(50)51)33(17-24)53-16-15-52-14-13-40(20-34(44)45)21-35(46)47/h2-12,17-19,42H,13-16,20-23H2,1H3,(H,44,45)(H,46,47)(H,48,49)(H,50,51). The van der Waals surface area contributed by atoms with Gasteiger partial charge in [0.2, 0.25) is 0 Å². The van der Waals surface area contributed by atoms with E-state index in [4.69, 9.17) is 19.7 Å². The highest BCUT2D eigenvalue weighted by atomic mass is 16.5. The lowest BCUT2D eigenvalue weighted by Gasteiger charge is -2.42. The third-order valence-corrected chi connectivity index (χ3v) is 8.96. The van der Waals surface area contributed by atoms with Gasteiger partial charge in [-0.25, -0.2) is 0 Å². The first-order valence-corrected chi connectivity index (χ1v) is 16.6. The maximum absolute atomic E-state index is 12.9. The topological polar surface area (TPSA) is 211 Å². The van der Waals surface area contributed by atoms with Gasteiger partial charge in [0, 0.05) is 12.0 Å². The first kappa shape index (κ1) is 38.0. The van der Waals surface area contributed by atoms with Crippen LogP contribution in [0.25, 0.3) is 5.57 Å². The Bertz CT molecular complexity index is 1990. The summed E-state index contributed by atoms with van der Waals surface area (Å²) in [4.78, 5) is 61.1.